The first kappa shape index (κ1) is 14.4. The number of carboxylic acids is 1. The van der Waals surface area contributed by atoms with Crippen LogP contribution in [0.25, 0.3) is 0 Å². The van der Waals surface area contributed by atoms with E-state index < -0.39 is 5.97 Å². The van der Waals surface area contributed by atoms with Gasteiger partial charge in [0, 0.05) is 26.3 Å². The Morgan fingerprint density at radius 1 is 1.59 bits per heavy atom. The summed E-state index contributed by atoms with van der Waals surface area (Å²) in [6.45, 7) is 4.16. The van der Waals surface area contributed by atoms with E-state index in [2.05, 4.69) is 6.92 Å². The van der Waals surface area contributed by atoms with E-state index in [1.165, 1.54) is 0 Å². The van der Waals surface area contributed by atoms with Crippen molar-refractivity contribution in [1.82, 2.24) is 4.90 Å². The summed E-state index contributed by atoms with van der Waals surface area (Å²) in [6, 6.07) is 0.306. The van der Waals surface area contributed by atoms with Crippen LogP contribution in [0.1, 0.15) is 26.2 Å². The summed E-state index contributed by atoms with van der Waals surface area (Å²) >= 11 is 0. The minimum Gasteiger partial charge on any atom is -0.480 e. The van der Waals surface area contributed by atoms with Crippen molar-refractivity contribution in [2.45, 2.75) is 38.3 Å². The highest BCUT2D eigenvalue weighted by Crippen LogP contribution is 2.20. The Morgan fingerprint density at radius 2 is 2.35 bits per heavy atom. The maximum absolute atomic E-state index is 10.9. The minimum absolute atomic E-state index is 0.0878. The second-order valence-electron chi connectivity index (χ2n) is 4.44. The topological polar surface area (TPSA) is 59.0 Å². The number of rotatable bonds is 7. The minimum atomic E-state index is -0.777. The van der Waals surface area contributed by atoms with Gasteiger partial charge in [-0.15, -0.1) is 0 Å². The Bertz CT molecular complexity index is 235. The van der Waals surface area contributed by atoms with Crippen LogP contribution in [0, 0.1) is 0 Å². The fourth-order valence-corrected chi connectivity index (χ4v) is 2.25. The molecule has 0 aromatic carbocycles. The Kier molecular flexibility index (Phi) is 6.47. The zero-order chi connectivity index (χ0) is 12.7. The molecule has 5 nitrogen and oxygen atoms in total. The number of carboxylic acid groups (broad SMARTS) is 1. The van der Waals surface area contributed by atoms with Crippen molar-refractivity contribution >= 4 is 5.97 Å². The molecule has 0 aromatic heterocycles. The molecular formula is C12H23NO4. The highest BCUT2D eigenvalue weighted by molar-refractivity contribution is 5.69. The summed E-state index contributed by atoms with van der Waals surface area (Å²) < 4.78 is 10.6. The van der Waals surface area contributed by atoms with Gasteiger partial charge in [-0.3, -0.25) is 9.69 Å². The number of ether oxygens (including phenoxy) is 2. The van der Waals surface area contributed by atoms with Crippen molar-refractivity contribution in [3.05, 3.63) is 0 Å². The number of methoxy groups -OCH3 is 1. The Balaban J connectivity index is 2.51. The van der Waals surface area contributed by atoms with Crippen molar-refractivity contribution < 1.29 is 19.4 Å². The zero-order valence-corrected chi connectivity index (χ0v) is 10.7. The predicted octanol–water partition coefficient (Wildman–Crippen LogP) is 0.977. The van der Waals surface area contributed by atoms with Gasteiger partial charge in [0.25, 0.3) is 0 Å². The molecule has 0 amide bonds. The quantitative estimate of drug-likeness (QED) is 0.724. The van der Waals surface area contributed by atoms with E-state index in [0.29, 0.717) is 19.2 Å². The van der Waals surface area contributed by atoms with Gasteiger partial charge in [-0.05, 0) is 19.3 Å². The third-order valence-electron chi connectivity index (χ3n) is 3.23. The van der Waals surface area contributed by atoms with Crippen molar-refractivity contribution in [2.24, 2.45) is 0 Å². The van der Waals surface area contributed by atoms with Gasteiger partial charge in [-0.25, -0.2) is 0 Å². The lowest BCUT2D eigenvalue weighted by Crippen LogP contribution is -2.45. The molecule has 17 heavy (non-hydrogen) atoms. The number of carbonyl (C=O) groups is 1. The highest BCUT2D eigenvalue weighted by Gasteiger charge is 2.27. The van der Waals surface area contributed by atoms with Crippen LogP contribution < -0.4 is 0 Å². The largest absolute Gasteiger partial charge is 0.480 e. The van der Waals surface area contributed by atoms with Gasteiger partial charge >= 0.3 is 5.97 Å². The molecule has 0 spiro atoms. The van der Waals surface area contributed by atoms with Gasteiger partial charge in [0.05, 0.1) is 19.3 Å². The van der Waals surface area contributed by atoms with Crippen molar-refractivity contribution in [1.29, 1.82) is 0 Å². The van der Waals surface area contributed by atoms with Crippen LogP contribution in [-0.2, 0) is 14.3 Å². The molecule has 1 rings (SSSR count). The maximum Gasteiger partial charge on any atom is 0.317 e. The molecule has 1 fully saturated rings. The Hall–Kier alpha value is -0.650. The first-order chi connectivity index (χ1) is 8.17. The molecule has 5 heteroatoms. The first-order valence-electron chi connectivity index (χ1n) is 6.23. The van der Waals surface area contributed by atoms with Gasteiger partial charge in [0.2, 0.25) is 0 Å². The number of hydrogen-bond acceptors (Lipinski definition) is 4. The average molecular weight is 245 g/mol. The average Bonchev–Trinajstić information content (AvgIpc) is 2.34. The van der Waals surface area contributed by atoms with E-state index in [4.69, 9.17) is 14.6 Å². The highest BCUT2D eigenvalue weighted by atomic mass is 16.5. The van der Waals surface area contributed by atoms with E-state index in [1.807, 2.05) is 4.90 Å². The molecule has 0 bridgehead atoms. The molecule has 0 aromatic rings. The molecular weight excluding hydrogens is 222 g/mol. The Labute approximate surface area is 103 Å². The molecule has 2 atom stereocenters. The fourth-order valence-electron chi connectivity index (χ4n) is 2.25. The van der Waals surface area contributed by atoms with Crippen LogP contribution in [0.2, 0.25) is 0 Å². The van der Waals surface area contributed by atoms with E-state index in [9.17, 15) is 4.79 Å². The van der Waals surface area contributed by atoms with E-state index in [-0.39, 0.29) is 12.6 Å². The summed E-state index contributed by atoms with van der Waals surface area (Å²) in [5.74, 6) is -0.777. The maximum atomic E-state index is 10.9. The standard InChI is InChI=1S/C12H23NO4/c1-3-11-8-10(4-6-17-11)13(5-7-16-2)9-12(14)15/h10-11H,3-9H2,1-2H3,(H,14,15). The van der Waals surface area contributed by atoms with Crippen LogP contribution in [0.15, 0.2) is 0 Å². The SMILES string of the molecule is CCC1CC(N(CCOC)CC(=O)O)CCO1. The summed E-state index contributed by atoms with van der Waals surface area (Å²) in [6.07, 6.45) is 3.09. The molecule has 0 radical (unpaired) electrons. The normalized spacial score (nSPS) is 25.1. The summed E-state index contributed by atoms with van der Waals surface area (Å²) in [4.78, 5) is 12.8. The predicted molar refractivity (Wildman–Crippen MR) is 64.1 cm³/mol. The third kappa shape index (κ3) is 5.02. The van der Waals surface area contributed by atoms with Crippen LogP contribution in [0.4, 0.5) is 0 Å². The molecule has 1 aliphatic rings. The van der Waals surface area contributed by atoms with E-state index >= 15 is 0 Å². The van der Waals surface area contributed by atoms with Gasteiger partial charge in [-0.1, -0.05) is 6.92 Å². The van der Waals surface area contributed by atoms with Crippen molar-refractivity contribution in [2.75, 3.05) is 33.4 Å². The van der Waals surface area contributed by atoms with Gasteiger partial charge in [0.1, 0.15) is 0 Å². The van der Waals surface area contributed by atoms with Crippen LogP contribution in [0.3, 0.4) is 0 Å². The summed E-state index contributed by atoms with van der Waals surface area (Å²) in [5.41, 5.74) is 0. The van der Waals surface area contributed by atoms with Crippen molar-refractivity contribution in [3.8, 4) is 0 Å². The fraction of sp³-hybridized carbons (Fsp3) is 0.917. The molecule has 100 valence electrons. The number of aliphatic carboxylic acids is 1. The lowest BCUT2D eigenvalue weighted by molar-refractivity contribution is -0.140. The Morgan fingerprint density at radius 3 is 2.94 bits per heavy atom. The lowest BCUT2D eigenvalue weighted by Gasteiger charge is -2.36. The molecule has 1 N–H and O–H groups in total. The van der Waals surface area contributed by atoms with E-state index in [0.717, 1.165) is 25.9 Å². The zero-order valence-electron chi connectivity index (χ0n) is 10.7. The number of hydrogen-bond donors (Lipinski definition) is 1. The molecule has 1 aliphatic heterocycles. The lowest BCUT2D eigenvalue weighted by atomic mass is 10.00. The first-order valence-corrected chi connectivity index (χ1v) is 6.23. The molecule has 0 aliphatic carbocycles. The monoisotopic (exact) mass is 245 g/mol. The number of nitrogens with zero attached hydrogens (tertiary/aromatic N) is 1. The second kappa shape index (κ2) is 7.63. The molecule has 1 saturated heterocycles. The van der Waals surface area contributed by atoms with Gasteiger partial charge in [-0.2, -0.15) is 0 Å². The summed E-state index contributed by atoms with van der Waals surface area (Å²) in [7, 11) is 1.64. The smallest absolute Gasteiger partial charge is 0.317 e. The third-order valence-corrected chi connectivity index (χ3v) is 3.23. The molecule has 2 unspecified atom stereocenters. The summed E-state index contributed by atoms with van der Waals surface area (Å²) in [5, 5.41) is 8.92. The van der Waals surface area contributed by atoms with Crippen LogP contribution in [-0.4, -0.2) is 61.5 Å². The second-order valence-corrected chi connectivity index (χ2v) is 4.44. The van der Waals surface area contributed by atoms with E-state index in [1.54, 1.807) is 7.11 Å². The van der Waals surface area contributed by atoms with Crippen LogP contribution in [0.5, 0.6) is 0 Å². The van der Waals surface area contributed by atoms with Crippen molar-refractivity contribution in [3.63, 3.8) is 0 Å². The van der Waals surface area contributed by atoms with Crippen LogP contribution >= 0.6 is 0 Å². The van der Waals surface area contributed by atoms with Gasteiger partial charge < -0.3 is 14.6 Å². The molecule has 1 heterocycles. The van der Waals surface area contributed by atoms with Gasteiger partial charge in [0.15, 0.2) is 0 Å². The molecule has 0 saturated carbocycles.